The van der Waals surface area contributed by atoms with E-state index in [1.165, 1.54) is 0 Å². The highest BCUT2D eigenvalue weighted by Crippen LogP contribution is 2.40. The largest absolute Gasteiger partial charge is 0.381 e. The molecule has 0 aromatic heterocycles. The average molecular weight is 461 g/mol. The van der Waals surface area contributed by atoms with Crippen LogP contribution in [-0.4, -0.2) is 64.4 Å². The molecule has 32 heavy (non-hydrogen) atoms. The van der Waals surface area contributed by atoms with Gasteiger partial charge in [-0.25, -0.2) is 0 Å². The number of ether oxygens (including phenoxy) is 1. The third kappa shape index (κ3) is 4.12. The van der Waals surface area contributed by atoms with Crippen LogP contribution in [0.3, 0.4) is 0 Å². The van der Waals surface area contributed by atoms with Gasteiger partial charge in [-0.1, -0.05) is 6.08 Å². The minimum Gasteiger partial charge on any atom is -0.381 e. The number of hydrogen-bond donors (Lipinski definition) is 4. The first-order valence-electron chi connectivity index (χ1n) is 11.1. The van der Waals surface area contributed by atoms with E-state index in [0.29, 0.717) is 24.7 Å². The molecular formula is C23H33ClN6O2. The highest BCUT2D eigenvalue weighted by Gasteiger charge is 2.47. The second kappa shape index (κ2) is 9.02. The number of halogens is 1. The second-order valence-corrected chi connectivity index (χ2v) is 9.70. The van der Waals surface area contributed by atoms with E-state index in [1.54, 1.807) is 22.9 Å². The van der Waals surface area contributed by atoms with Crippen LogP contribution in [0.2, 0.25) is 0 Å². The minimum absolute atomic E-state index is 0.113. The zero-order valence-corrected chi connectivity index (χ0v) is 19.7. The molecule has 9 heteroatoms. The van der Waals surface area contributed by atoms with Gasteiger partial charge in [0.2, 0.25) is 5.91 Å². The molecule has 4 atom stereocenters. The number of carbonyl (C=O) groups is 1. The Morgan fingerprint density at radius 2 is 2.03 bits per heavy atom. The molecule has 0 spiro atoms. The minimum atomic E-state index is -0.747. The number of nitrogens with one attached hydrogen (secondary N) is 2. The molecule has 8 nitrogen and oxygen atoms in total. The van der Waals surface area contributed by atoms with Gasteiger partial charge in [0.05, 0.1) is 36.8 Å². The third-order valence-electron chi connectivity index (χ3n) is 6.69. The van der Waals surface area contributed by atoms with E-state index in [1.807, 2.05) is 19.9 Å². The topological polar surface area (TPSA) is 121 Å². The highest BCUT2D eigenvalue weighted by molar-refractivity contribution is 6.20. The number of hydrogen-bond acceptors (Lipinski definition) is 6. The maximum atomic E-state index is 13.6. The molecule has 174 valence electrons. The summed E-state index contributed by atoms with van der Waals surface area (Å²) in [6, 6.07) is -0.798. The number of allylic oxidation sites excluding steroid dienone is 3. The standard InChI is InChI=1S/C23H33ClN6O2/c1-12-8-18(9-29(14(3)25)22(12)27)30-21(15-4-6-16(24)7-5-15)19(20(26)23(30)31)13(2)28-17-10-32-11-17/h4,8-9,16-17,20-22,25,28H,5-7,10-11,26-27H2,1-3H3/b19-13+,25-14?. The van der Waals surface area contributed by atoms with Crippen LogP contribution in [0, 0.1) is 5.41 Å². The summed E-state index contributed by atoms with van der Waals surface area (Å²) in [6.07, 6.45) is 7.89. The maximum Gasteiger partial charge on any atom is 0.249 e. The molecule has 0 aromatic carbocycles. The molecule has 1 aliphatic carbocycles. The van der Waals surface area contributed by atoms with Crippen molar-refractivity contribution in [3.05, 3.63) is 46.5 Å². The molecule has 2 saturated heterocycles. The monoisotopic (exact) mass is 460 g/mol. The van der Waals surface area contributed by atoms with E-state index in [4.69, 9.17) is 33.2 Å². The average Bonchev–Trinajstić information content (AvgIpc) is 2.98. The van der Waals surface area contributed by atoms with E-state index in [2.05, 4.69) is 11.4 Å². The molecule has 3 heterocycles. The molecular weight excluding hydrogens is 428 g/mol. The van der Waals surface area contributed by atoms with Gasteiger partial charge in [-0.05, 0) is 57.3 Å². The molecule has 3 aliphatic heterocycles. The van der Waals surface area contributed by atoms with Gasteiger partial charge in [0.15, 0.2) is 0 Å². The lowest BCUT2D eigenvalue weighted by Gasteiger charge is -2.37. The molecule has 0 saturated carbocycles. The van der Waals surface area contributed by atoms with Crippen molar-refractivity contribution in [3.8, 4) is 0 Å². The lowest BCUT2D eigenvalue weighted by molar-refractivity contribution is -0.127. The highest BCUT2D eigenvalue weighted by atomic mass is 35.5. The number of alkyl halides is 1. The Hall–Kier alpha value is -2.13. The summed E-state index contributed by atoms with van der Waals surface area (Å²) >= 11 is 6.36. The third-order valence-corrected chi connectivity index (χ3v) is 7.09. The normalized spacial score (nSPS) is 32.8. The van der Waals surface area contributed by atoms with Crippen molar-refractivity contribution in [1.82, 2.24) is 15.1 Å². The van der Waals surface area contributed by atoms with Crippen LogP contribution in [0.5, 0.6) is 0 Å². The van der Waals surface area contributed by atoms with Crippen LogP contribution in [0.1, 0.15) is 40.0 Å². The first kappa shape index (κ1) is 23.0. The second-order valence-electron chi connectivity index (χ2n) is 9.08. The van der Waals surface area contributed by atoms with Crippen molar-refractivity contribution in [2.24, 2.45) is 11.5 Å². The number of rotatable bonds is 4. The fraction of sp³-hybridized carbons (Fsp3) is 0.565. The fourth-order valence-electron chi connectivity index (χ4n) is 4.81. The van der Waals surface area contributed by atoms with E-state index < -0.39 is 12.2 Å². The van der Waals surface area contributed by atoms with Crippen LogP contribution in [0.15, 0.2) is 46.5 Å². The van der Waals surface area contributed by atoms with E-state index in [9.17, 15) is 4.79 Å². The number of amides is 1. The summed E-state index contributed by atoms with van der Waals surface area (Å²) in [7, 11) is 0. The quantitative estimate of drug-likeness (QED) is 0.220. The molecule has 0 bridgehead atoms. The maximum absolute atomic E-state index is 13.6. The zero-order valence-electron chi connectivity index (χ0n) is 18.9. The molecule has 2 fully saturated rings. The van der Waals surface area contributed by atoms with Crippen LogP contribution in [0.25, 0.3) is 0 Å². The Bertz CT molecular complexity index is 935. The van der Waals surface area contributed by atoms with Crippen molar-refractivity contribution < 1.29 is 9.53 Å². The van der Waals surface area contributed by atoms with Crippen molar-refractivity contribution in [3.63, 3.8) is 0 Å². The Balaban J connectivity index is 1.79. The van der Waals surface area contributed by atoms with Crippen LogP contribution >= 0.6 is 11.6 Å². The van der Waals surface area contributed by atoms with Crippen LogP contribution in [-0.2, 0) is 9.53 Å². The van der Waals surface area contributed by atoms with E-state index in [0.717, 1.165) is 41.7 Å². The molecule has 1 amide bonds. The fourth-order valence-corrected chi connectivity index (χ4v) is 5.01. The summed E-state index contributed by atoms with van der Waals surface area (Å²) in [5.41, 5.74) is 17.4. The van der Waals surface area contributed by atoms with Gasteiger partial charge in [0.1, 0.15) is 12.2 Å². The number of amidine groups is 1. The number of carbonyl (C=O) groups excluding carboxylic acids is 1. The summed E-state index contributed by atoms with van der Waals surface area (Å²) in [5, 5.41) is 11.7. The summed E-state index contributed by atoms with van der Waals surface area (Å²) in [5.74, 6) is 0.161. The van der Waals surface area contributed by atoms with Gasteiger partial charge in [0, 0.05) is 22.8 Å². The summed E-state index contributed by atoms with van der Waals surface area (Å²) in [6.45, 7) is 6.90. The van der Waals surface area contributed by atoms with Gasteiger partial charge in [0.25, 0.3) is 0 Å². The predicted octanol–water partition coefficient (Wildman–Crippen LogP) is 1.89. The molecule has 4 rings (SSSR count). The van der Waals surface area contributed by atoms with Gasteiger partial charge >= 0.3 is 0 Å². The SMILES string of the molecule is CC(=N)N1C=C(N2C(=O)C(N)/C(=C(/C)NC3COC3)C2C2=CCC(Cl)CC2)C=C(C)C1N. The van der Waals surface area contributed by atoms with Crippen molar-refractivity contribution in [2.75, 3.05) is 13.2 Å². The molecule has 6 N–H and O–H groups in total. The Kier molecular flexibility index (Phi) is 6.49. The van der Waals surface area contributed by atoms with Crippen LogP contribution < -0.4 is 16.8 Å². The smallest absolute Gasteiger partial charge is 0.249 e. The predicted molar refractivity (Wildman–Crippen MR) is 126 cm³/mol. The van der Waals surface area contributed by atoms with Crippen LogP contribution in [0.4, 0.5) is 0 Å². The molecule has 0 aromatic rings. The number of nitrogens with zero attached hydrogens (tertiary/aromatic N) is 2. The van der Waals surface area contributed by atoms with Gasteiger partial charge in [-0.3, -0.25) is 15.1 Å². The first-order chi connectivity index (χ1) is 15.2. The lowest BCUT2D eigenvalue weighted by atomic mass is 9.87. The Labute approximate surface area is 194 Å². The van der Waals surface area contributed by atoms with Gasteiger partial charge < -0.3 is 26.4 Å². The van der Waals surface area contributed by atoms with Crippen molar-refractivity contribution in [2.45, 2.75) is 69.7 Å². The Morgan fingerprint density at radius 3 is 2.59 bits per heavy atom. The van der Waals surface area contributed by atoms with Crippen molar-refractivity contribution >= 4 is 23.3 Å². The summed E-state index contributed by atoms with van der Waals surface area (Å²) < 4.78 is 5.30. The molecule has 4 unspecified atom stereocenters. The number of likely N-dealkylation sites (tertiary alicyclic amines) is 1. The van der Waals surface area contributed by atoms with E-state index >= 15 is 0 Å². The Morgan fingerprint density at radius 1 is 1.31 bits per heavy atom. The zero-order chi connectivity index (χ0) is 23.2. The first-order valence-corrected chi connectivity index (χ1v) is 11.6. The van der Waals surface area contributed by atoms with Crippen molar-refractivity contribution in [1.29, 1.82) is 5.41 Å². The van der Waals surface area contributed by atoms with E-state index in [-0.39, 0.29) is 23.4 Å². The van der Waals surface area contributed by atoms with Gasteiger partial charge in [-0.2, -0.15) is 0 Å². The molecule has 0 radical (unpaired) electrons. The van der Waals surface area contributed by atoms with Gasteiger partial charge in [-0.15, -0.1) is 11.6 Å². The number of nitrogens with two attached hydrogens (primary N) is 2. The molecule has 4 aliphatic rings. The summed E-state index contributed by atoms with van der Waals surface area (Å²) in [4.78, 5) is 17.0. The lowest BCUT2D eigenvalue weighted by Crippen LogP contribution is -2.46.